The zero-order valence-corrected chi connectivity index (χ0v) is 14.8. The minimum atomic E-state index is -0.216. The van der Waals surface area contributed by atoms with Gasteiger partial charge in [-0.25, -0.2) is 4.98 Å². The van der Waals surface area contributed by atoms with Gasteiger partial charge in [0.25, 0.3) is 5.91 Å². The first-order valence-electron chi connectivity index (χ1n) is 8.93. The van der Waals surface area contributed by atoms with E-state index in [1.807, 2.05) is 48.5 Å². The van der Waals surface area contributed by atoms with Gasteiger partial charge < -0.3 is 19.2 Å². The number of aromatic nitrogens is 1. The molecule has 2 heterocycles. The number of carbonyl (C=O) groups excluding carboxylic acids is 1. The summed E-state index contributed by atoms with van der Waals surface area (Å²) in [6.07, 6.45) is 0. The maximum Gasteiger partial charge on any atom is 0.255 e. The summed E-state index contributed by atoms with van der Waals surface area (Å²) in [5, 5.41) is 2.88. The number of benzene rings is 3. The molecule has 0 unspecified atom stereocenters. The van der Waals surface area contributed by atoms with Crippen molar-refractivity contribution in [1.82, 2.24) is 4.98 Å². The first-order chi connectivity index (χ1) is 13.8. The van der Waals surface area contributed by atoms with Crippen LogP contribution in [-0.4, -0.2) is 24.1 Å². The summed E-state index contributed by atoms with van der Waals surface area (Å²) in [7, 11) is 0. The predicted molar refractivity (Wildman–Crippen MR) is 105 cm³/mol. The fourth-order valence-electron chi connectivity index (χ4n) is 3.08. The molecule has 1 amide bonds. The second-order valence-corrected chi connectivity index (χ2v) is 6.38. The summed E-state index contributed by atoms with van der Waals surface area (Å²) in [6, 6.07) is 20.2. The third-order valence-electron chi connectivity index (χ3n) is 4.49. The Balaban J connectivity index is 1.34. The van der Waals surface area contributed by atoms with E-state index < -0.39 is 0 Å². The van der Waals surface area contributed by atoms with Crippen LogP contribution in [0, 0.1) is 0 Å². The normalized spacial score (nSPS) is 12.7. The van der Waals surface area contributed by atoms with Crippen LogP contribution in [0.5, 0.6) is 11.5 Å². The van der Waals surface area contributed by atoms with Gasteiger partial charge in [0.05, 0.1) is 0 Å². The Labute approximate surface area is 160 Å². The Morgan fingerprint density at radius 1 is 0.893 bits per heavy atom. The lowest BCUT2D eigenvalue weighted by molar-refractivity contribution is 0.102. The Morgan fingerprint density at radius 2 is 1.68 bits per heavy atom. The summed E-state index contributed by atoms with van der Waals surface area (Å²) in [6.45, 7) is 1.00. The number of nitrogens with one attached hydrogen (secondary N) is 1. The monoisotopic (exact) mass is 372 g/mol. The van der Waals surface area contributed by atoms with Crippen molar-refractivity contribution in [3.63, 3.8) is 0 Å². The topological polar surface area (TPSA) is 73.6 Å². The molecule has 3 aromatic carbocycles. The number of hydrogen-bond donors (Lipinski definition) is 1. The van der Waals surface area contributed by atoms with Crippen LogP contribution in [0.4, 0.5) is 5.69 Å². The van der Waals surface area contributed by atoms with Crippen molar-refractivity contribution in [3.05, 3.63) is 72.3 Å². The summed E-state index contributed by atoms with van der Waals surface area (Å²) in [5.41, 5.74) is 3.59. The van der Waals surface area contributed by atoms with Crippen LogP contribution in [0.3, 0.4) is 0 Å². The highest BCUT2D eigenvalue weighted by atomic mass is 16.6. The lowest BCUT2D eigenvalue weighted by atomic mass is 10.1. The van der Waals surface area contributed by atoms with Crippen LogP contribution in [0.15, 0.2) is 71.1 Å². The molecule has 6 heteroatoms. The lowest BCUT2D eigenvalue weighted by Crippen LogP contribution is -2.17. The number of amides is 1. The molecule has 28 heavy (non-hydrogen) atoms. The van der Waals surface area contributed by atoms with E-state index in [1.54, 1.807) is 18.2 Å². The van der Waals surface area contributed by atoms with E-state index in [0.717, 1.165) is 16.7 Å². The molecular formula is C22H16N2O4. The highest BCUT2D eigenvalue weighted by Gasteiger charge is 2.15. The lowest BCUT2D eigenvalue weighted by Gasteiger charge is -2.18. The molecule has 138 valence electrons. The molecule has 1 N–H and O–H groups in total. The van der Waals surface area contributed by atoms with E-state index in [4.69, 9.17) is 13.9 Å². The van der Waals surface area contributed by atoms with Crippen LogP contribution in [0.25, 0.3) is 22.6 Å². The molecule has 0 radical (unpaired) electrons. The average Bonchev–Trinajstić information content (AvgIpc) is 3.18. The Kier molecular flexibility index (Phi) is 3.94. The number of hydrogen-bond acceptors (Lipinski definition) is 5. The first kappa shape index (κ1) is 16.4. The van der Waals surface area contributed by atoms with E-state index >= 15 is 0 Å². The van der Waals surface area contributed by atoms with Gasteiger partial charge in [0.1, 0.15) is 18.7 Å². The second-order valence-electron chi connectivity index (χ2n) is 6.38. The molecule has 4 aromatic rings. The van der Waals surface area contributed by atoms with Gasteiger partial charge in [-0.15, -0.1) is 0 Å². The van der Waals surface area contributed by atoms with E-state index in [9.17, 15) is 4.79 Å². The minimum Gasteiger partial charge on any atom is -0.486 e. The third kappa shape index (κ3) is 3.05. The zero-order chi connectivity index (χ0) is 18.9. The molecule has 0 spiro atoms. The Hall–Kier alpha value is -3.80. The molecule has 1 aliphatic heterocycles. The summed E-state index contributed by atoms with van der Waals surface area (Å²) < 4.78 is 16.8. The van der Waals surface area contributed by atoms with Crippen LogP contribution < -0.4 is 14.8 Å². The molecule has 0 aliphatic carbocycles. The van der Waals surface area contributed by atoms with Gasteiger partial charge in [-0.2, -0.15) is 0 Å². The van der Waals surface area contributed by atoms with Crippen LogP contribution in [0.1, 0.15) is 10.4 Å². The quantitative estimate of drug-likeness (QED) is 0.572. The van der Waals surface area contributed by atoms with E-state index in [2.05, 4.69) is 10.3 Å². The fraction of sp³-hybridized carbons (Fsp3) is 0.0909. The van der Waals surface area contributed by atoms with Crippen LogP contribution in [0.2, 0.25) is 0 Å². The van der Waals surface area contributed by atoms with Crippen LogP contribution in [-0.2, 0) is 0 Å². The molecular weight excluding hydrogens is 356 g/mol. The van der Waals surface area contributed by atoms with E-state index in [1.165, 1.54) is 0 Å². The maximum absolute atomic E-state index is 12.5. The number of anilines is 1. The fourth-order valence-corrected chi connectivity index (χ4v) is 3.08. The maximum atomic E-state index is 12.5. The third-order valence-corrected chi connectivity index (χ3v) is 4.49. The van der Waals surface area contributed by atoms with Crippen molar-refractivity contribution in [2.75, 3.05) is 18.5 Å². The molecule has 0 atom stereocenters. The standard InChI is InChI=1S/C22H16N2O4/c25-21(15-7-10-19-20(13-15)27-12-11-26-19)23-16-8-5-14(6-9-16)22-24-17-3-1-2-4-18(17)28-22/h1-10,13H,11-12H2,(H,23,25). The summed E-state index contributed by atoms with van der Waals surface area (Å²) in [5.74, 6) is 1.58. The molecule has 1 aromatic heterocycles. The van der Waals surface area contributed by atoms with Gasteiger partial charge in [-0.05, 0) is 54.6 Å². The minimum absolute atomic E-state index is 0.216. The highest BCUT2D eigenvalue weighted by Crippen LogP contribution is 2.31. The van der Waals surface area contributed by atoms with Gasteiger partial charge in [-0.3, -0.25) is 4.79 Å². The predicted octanol–water partition coefficient (Wildman–Crippen LogP) is 4.52. The number of para-hydroxylation sites is 2. The molecule has 0 saturated heterocycles. The highest BCUT2D eigenvalue weighted by molar-refractivity contribution is 6.04. The van der Waals surface area contributed by atoms with E-state index in [-0.39, 0.29) is 5.91 Å². The summed E-state index contributed by atoms with van der Waals surface area (Å²) in [4.78, 5) is 17.0. The van der Waals surface area contributed by atoms with Gasteiger partial charge in [0.15, 0.2) is 17.1 Å². The van der Waals surface area contributed by atoms with Crippen molar-refractivity contribution in [2.45, 2.75) is 0 Å². The van der Waals surface area contributed by atoms with Gasteiger partial charge in [0, 0.05) is 16.8 Å². The first-order valence-corrected chi connectivity index (χ1v) is 8.93. The Morgan fingerprint density at radius 3 is 2.50 bits per heavy atom. The SMILES string of the molecule is O=C(Nc1ccc(-c2nc3ccccc3o2)cc1)c1ccc2c(c1)OCCO2. The van der Waals surface area contributed by atoms with Crippen molar-refractivity contribution in [2.24, 2.45) is 0 Å². The van der Waals surface area contributed by atoms with Crippen molar-refractivity contribution in [3.8, 4) is 23.0 Å². The van der Waals surface area contributed by atoms with Gasteiger partial charge in [0.2, 0.25) is 5.89 Å². The number of ether oxygens (including phenoxy) is 2. The van der Waals surface area contributed by atoms with Crippen LogP contribution >= 0.6 is 0 Å². The van der Waals surface area contributed by atoms with Crippen molar-refractivity contribution >= 4 is 22.7 Å². The molecule has 1 aliphatic rings. The average molecular weight is 372 g/mol. The molecule has 0 bridgehead atoms. The van der Waals surface area contributed by atoms with Crippen molar-refractivity contribution < 1.29 is 18.7 Å². The van der Waals surface area contributed by atoms with Gasteiger partial charge >= 0.3 is 0 Å². The largest absolute Gasteiger partial charge is 0.486 e. The number of fused-ring (bicyclic) bond motifs is 2. The number of nitrogens with zero attached hydrogens (tertiary/aromatic N) is 1. The molecule has 0 fully saturated rings. The molecule has 0 saturated carbocycles. The smallest absolute Gasteiger partial charge is 0.255 e. The number of oxazole rings is 1. The molecule has 5 rings (SSSR count). The summed E-state index contributed by atoms with van der Waals surface area (Å²) >= 11 is 0. The number of carbonyl (C=O) groups is 1. The molecule has 6 nitrogen and oxygen atoms in total. The van der Waals surface area contributed by atoms with Crippen molar-refractivity contribution in [1.29, 1.82) is 0 Å². The van der Waals surface area contributed by atoms with Gasteiger partial charge in [-0.1, -0.05) is 12.1 Å². The Bertz CT molecular complexity index is 1130. The number of rotatable bonds is 3. The zero-order valence-electron chi connectivity index (χ0n) is 14.8. The van der Waals surface area contributed by atoms with E-state index in [0.29, 0.717) is 41.9 Å². The second kappa shape index (κ2) is 6.74.